The van der Waals surface area contributed by atoms with E-state index in [1.54, 1.807) is 0 Å². The Hall–Kier alpha value is -2.90. The summed E-state index contributed by atoms with van der Waals surface area (Å²) < 4.78 is 79.8. The molecular weight excluding hydrogens is 434 g/mol. The van der Waals surface area contributed by atoms with Crippen LogP contribution in [0.4, 0.5) is 32.2 Å². The summed E-state index contributed by atoms with van der Waals surface area (Å²) in [7, 11) is 0. The van der Waals surface area contributed by atoms with Crippen molar-refractivity contribution in [1.82, 2.24) is 24.6 Å². The molecule has 14 heteroatoms. The zero-order valence-electron chi connectivity index (χ0n) is 16.3. The number of nitrogens with one attached hydrogen (secondary N) is 1. The number of aromatic nitrogens is 4. The van der Waals surface area contributed by atoms with Crippen LogP contribution in [0.25, 0.3) is 11.4 Å². The van der Waals surface area contributed by atoms with Crippen LogP contribution >= 0.6 is 0 Å². The van der Waals surface area contributed by atoms with Crippen molar-refractivity contribution in [3.63, 3.8) is 0 Å². The second kappa shape index (κ2) is 8.32. The van der Waals surface area contributed by atoms with Crippen molar-refractivity contribution < 1.29 is 35.9 Å². The molecule has 3 atom stereocenters. The third-order valence-corrected chi connectivity index (χ3v) is 4.68. The highest BCUT2D eigenvalue weighted by molar-refractivity contribution is 5.85. The SMILES string of the molecule is C[C@@H](Nc1cc(-c2ccnn2CC(F)(F)F)ncn1)C(=O)N1C[C@H](OC(F)(F)F)[C@@H]1C. The third kappa shape index (κ3) is 5.62. The molecule has 2 aromatic rings. The minimum Gasteiger partial charge on any atom is -0.359 e. The highest BCUT2D eigenvalue weighted by Gasteiger charge is 2.46. The zero-order chi connectivity index (χ0) is 23.0. The minimum absolute atomic E-state index is 0.102. The smallest absolute Gasteiger partial charge is 0.359 e. The molecule has 1 fully saturated rings. The predicted octanol–water partition coefficient (Wildman–Crippen LogP) is 2.84. The number of nitrogens with zero attached hydrogens (tertiary/aromatic N) is 5. The molecule has 0 aromatic carbocycles. The molecule has 3 heterocycles. The van der Waals surface area contributed by atoms with Gasteiger partial charge in [0.25, 0.3) is 0 Å². The van der Waals surface area contributed by atoms with Crippen molar-refractivity contribution in [2.45, 2.75) is 51.1 Å². The van der Waals surface area contributed by atoms with Gasteiger partial charge in [-0.2, -0.15) is 18.3 Å². The number of carbonyl (C=O) groups is 1. The van der Waals surface area contributed by atoms with E-state index in [0.29, 0.717) is 0 Å². The van der Waals surface area contributed by atoms with E-state index in [1.165, 1.54) is 37.1 Å². The van der Waals surface area contributed by atoms with E-state index in [4.69, 9.17) is 0 Å². The average molecular weight is 452 g/mol. The molecule has 1 aliphatic heterocycles. The number of ether oxygens (including phenoxy) is 1. The lowest BCUT2D eigenvalue weighted by molar-refractivity contribution is -0.359. The van der Waals surface area contributed by atoms with Gasteiger partial charge >= 0.3 is 12.5 Å². The standard InChI is InChI=1S/C17H18F6N6O2/c1-9(15(30)28-6-13(10(28)2)31-17(21,22)23)27-14-5-11(24-8-25-14)12-3-4-26-29(12)7-16(18,19)20/h3-5,8-10,13H,6-7H2,1-2H3,(H,24,25,27)/t9-,10+,13+/m1/s1. The summed E-state index contributed by atoms with van der Waals surface area (Å²) in [5.74, 6) is -0.321. The largest absolute Gasteiger partial charge is 0.522 e. The Bertz CT molecular complexity index is 930. The van der Waals surface area contributed by atoms with E-state index < -0.39 is 43.2 Å². The second-order valence-electron chi connectivity index (χ2n) is 6.98. The number of hydrogen-bond donors (Lipinski definition) is 1. The van der Waals surface area contributed by atoms with Crippen LogP contribution in [0.5, 0.6) is 0 Å². The monoisotopic (exact) mass is 452 g/mol. The maximum Gasteiger partial charge on any atom is 0.522 e. The van der Waals surface area contributed by atoms with Crippen LogP contribution in [0.1, 0.15) is 13.8 Å². The van der Waals surface area contributed by atoms with Gasteiger partial charge in [0, 0.05) is 18.8 Å². The molecule has 8 nitrogen and oxygen atoms in total. The quantitative estimate of drug-likeness (QED) is 0.679. The van der Waals surface area contributed by atoms with Gasteiger partial charge in [0.15, 0.2) is 0 Å². The molecule has 0 spiro atoms. The molecule has 0 saturated carbocycles. The van der Waals surface area contributed by atoms with Gasteiger partial charge in [-0.3, -0.25) is 14.2 Å². The lowest BCUT2D eigenvalue weighted by atomic mass is 10.00. The maximum absolute atomic E-state index is 12.7. The number of likely N-dealkylation sites (tertiary alicyclic amines) is 1. The first-order valence-corrected chi connectivity index (χ1v) is 9.06. The van der Waals surface area contributed by atoms with E-state index in [0.717, 1.165) is 11.0 Å². The Morgan fingerprint density at radius 2 is 2.00 bits per heavy atom. The van der Waals surface area contributed by atoms with Gasteiger partial charge in [0.05, 0.1) is 17.4 Å². The molecule has 1 saturated heterocycles. The molecule has 1 amide bonds. The molecule has 1 aliphatic rings. The fourth-order valence-electron chi connectivity index (χ4n) is 3.13. The molecule has 170 valence electrons. The first kappa shape index (κ1) is 22.8. The highest BCUT2D eigenvalue weighted by atomic mass is 19.4. The Balaban J connectivity index is 1.65. The third-order valence-electron chi connectivity index (χ3n) is 4.68. The summed E-state index contributed by atoms with van der Waals surface area (Å²) in [5.41, 5.74) is 0.250. The number of amides is 1. The van der Waals surface area contributed by atoms with Crippen LogP contribution in [-0.4, -0.2) is 67.8 Å². The van der Waals surface area contributed by atoms with Crippen LogP contribution < -0.4 is 5.32 Å². The van der Waals surface area contributed by atoms with E-state index >= 15 is 0 Å². The Labute approximate surface area is 172 Å². The Morgan fingerprint density at radius 1 is 1.29 bits per heavy atom. The Morgan fingerprint density at radius 3 is 2.61 bits per heavy atom. The van der Waals surface area contributed by atoms with Crippen molar-refractivity contribution in [3.8, 4) is 11.4 Å². The summed E-state index contributed by atoms with van der Waals surface area (Å²) >= 11 is 0. The van der Waals surface area contributed by atoms with Crippen LogP contribution in [0.3, 0.4) is 0 Å². The van der Waals surface area contributed by atoms with E-state index in [-0.39, 0.29) is 23.8 Å². The molecule has 2 aromatic heterocycles. The molecule has 1 N–H and O–H groups in total. The molecule has 0 bridgehead atoms. The molecule has 0 radical (unpaired) electrons. The number of alkyl halides is 6. The van der Waals surface area contributed by atoms with Crippen LogP contribution in [0.15, 0.2) is 24.7 Å². The Kier molecular flexibility index (Phi) is 6.11. The summed E-state index contributed by atoms with van der Waals surface area (Å²) in [6.07, 6.45) is -8.09. The number of hydrogen-bond acceptors (Lipinski definition) is 6. The van der Waals surface area contributed by atoms with Gasteiger partial charge in [-0.15, -0.1) is 13.2 Å². The lowest BCUT2D eigenvalue weighted by Crippen LogP contribution is -2.64. The van der Waals surface area contributed by atoms with Gasteiger partial charge in [0.2, 0.25) is 5.91 Å². The lowest BCUT2D eigenvalue weighted by Gasteiger charge is -2.46. The van der Waals surface area contributed by atoms with E-state index in [1.807, 2.05) is 0 Å². The van der Waals surface area contributed by atoms with Crippen LogP contribution in [-0.2, 0) is 16.1 Å². The number of anilines is 1. The van der Waals surface area contributed by atoms with Crippen LogP contribution in [0.2, 0.25) is 0 Å². The zero-order valence-corrected chi connectivity index (χ0v) is 16.3. The van der Waals surface area contributed by atoms with Gasteiger partial charge < -0.3 is 10.2 Å². The topological polar surface area (TPSA) is 85.2 Å². The molecule has 0 aliphatic carbocycles. The molecular formula is C17H18F6N6O2. The van der Waals surface area contributed by atoms with Gasteiger partial charge in [-0.1, -0.05) is 0 Å². The minimum atomic E-state index is -4.78. The van der Waals surface area contributed by atoms with E-state index in [9.17, 15) is 31.1 Å². The first-order valence-electron chi connectivity index (χ1n) is 9.06. The fourth-order valence-corrected chi connectivity index (χ4v) is 3.13. The number of carbonyl (C=O) groups excluding carboxylic acids is 1. The van der Waals surface area contributed by atoms with Crippen molar-refractivity contribution in [3.05, 3.63) is 24.7 Å². The number of halogens is 6. The summed E-state index contributed by atoms with van der Waals surface area (Å²) in [4.78, 5) is 21.6. The van der Waals surface area contributed by atoms with Gasteiger partial charge in [-0.05, 0) is 19.9 Å². The van der Waals surface area contributed by atoms with Gasteiger partial charge in [-0.25, -0.2) is 9.97 Å². The van der Waals surface area contributed by atoms with Crippen molar-refractivity contribution >= 4 is 11.7 Å². The van der Waals surface area contributed by atoms with Gasteiger partial charge in [0.1, 0.15) is 30.8 Å². The summed E-state index contributed by atoms with van der Waals surface area (Å²) in [6.45, 7) is 1.42. The van der Waals surface area contributed by atoms with Crippen molar-refractivity contribution in [1.29, 1.82) is 0 Å². The first-order chi connectivity index (χ1) is 14.3. The van der Waals surface area contributed by atoms with Crippen LogP contribution in [0, 0.1) is 0 Å². The maximum atomic E-state index is 12.7. The normalized spacial score (nSPS) is 20.3. The molecule has 31 heavy (non-hydrogen) atoms. The summed E-state index contributed by atoms with van der Waals surface area (Å²) in [5, 5.41) is 6.43. The average Bonchev–Trinajstić information content (AvgIpc) is 3.09. The molecule has 3 rings (SSSR count). The van der Waals surface area contributed by atoms with Crippen molar-refractivity contribution in [2.24, 2.45) is 0 Å². The fraction of sp³-hybridized carbons (Fsp3) is 0.529. The molecule has 0 unspecified atom stereocenters. The number of rotatable bonds is 6. The predicted molar refractivity (Wildman–Crippen MR) is 94.5 cm³/mol. The van der Waals surface area contributed by atoms with E-state index in [2.05, 4.69) is 25.1 Å². The summed E-state index contributed by atoms with van der Waals surface area (Å²) in [6, 6.07) is 1.07. The van der Waals surface area contributed by atoms with Crippen molar-refractivity contribution in [2.75, 3.05) is 11.9 Å². The highest BCUT2D eigenvalue weighted by Crippen LogP contribution is 2.29. The second-order valence-corrected chi connectivity index (χ2v) is 6.98.